The fourth-order valence-electron chi connectivity index (χ4n) is 2.97. The summed E-state index contributed by atoms with van der Waals surface area (Å²) in [6, 6.07) is 13.3. The van der Waals surface area contributed by atoms with Gasteiger partial charge in [0.15, 0.2) is 0 Å². The van der Waals surface area contributed by atoms with Gasteiger partial charge in [0, 0.05) is 17.6 Å². The van der Waals surface area contributed by atoms with Crippen LogP contribution in [0.25, 0.3) is 10.9 Å². The maximum Gasteiger partial charge on any atom is 0.251 e. The molecule has 0 radical (unpaired) electrons. The molecule has 0 saturated heterocycles. The standard InChI is InChI=1S/C18H17ClN2O2/c1-11-17(18(20)23)13-9-16(22)14(19)10-15(13)21(11)8-7-12-5-3-2-4-6-12/h2-6,9-10,22H,7-8H2,1H3,(H2,20,23). The Morgan fingerprint density at radius 2 is 1.96 bits per heavy atom. The van der Waals surface area contributed by atoms with E-state index in [2.05, 4.69) is 12.1 Å². The summed E-state index contributed by atoms with van der Waals surface area (Å²) in [7, 11) is 0. The quantitative estimate of drug-likeness (QED) is 0.767. The summed E-state index contributed by atoms with van der Waals surface area (Å²) in [5.74, 6) is -0.561. The van der Waals surface area contributed by atoms with Crippen molar-refractivity contribution in [3.63, 3.8) is 0 Å². The van der Waals surface area contributed by atoms with Crippen LogP contribution in [0.1, 0.15) is 21.6 Å². The predicted octanol–water partition coefficient (Wildman–Crippen LogP) is 3.65. The number of aromatic nitrogens is 1. The average molecular weight is 329 g/mol. The van der Waals surface area contributed by atoms with Gasteiger partial charge in [-0.05, 0) is 31.0 Å². The Morgan fingerprint density at radius 1 is 1.26 bits per heavy atom. The first-order chi connectivity index (χ1) is 11.0. The molecule has 3 aromatic rings. The second-order valence-corrected chi connectivity index (χ2v) is 5.94. The number of aromatic hydroxyl groups is 1. The Hall–Kier alpha value is -2.46. The summed E-state index contributed by atoms with van der Waals surface area (Å²) < 4.78 is 2.02. The van der Waals surface area contributed by atoms with E-state index in [9.17, 15) is 9.90 Å². The van der Waals surface area contributed by atoms with Crippen molar-refractivity contribution in [2.75, 3.05) is 0 Å². The van der Waals surface area contributed by atoms with E-state index in [0.29, 0.717) is 17.5 Å². The first kappa shape index (κ1) is 15.4. The number of fused-ring (bicyclic) bond motifs is 1. The number of hydrogen-bond acceptors (Lipinski definition) is 2. The number of primary amides is 1. The summed E-state index contributed by atoms with van der Waals surface area (Å²) >= 11 is 6.04. The largest absolute Gasteiger partial charge is 0.506 e. The third-order valence-corrected chi connectivity index (χ3v) is 4.41. The molecular formula is C18H17ClN2O2. The van der Waals surface area contributed by atoms with E-state index >= 15 is 0 Å². The van der Waals surface area contributed by atoms with Crippen molar-refractivity contribution in [2.24, 2.45) is 5.73 Å². The SMILES string of the molecule is Cc1c(C(N)=O)c2cc(O)c(Cl)cc2n1CCc1ccccc1. The first-order valence-corrected chi connectivity index (χ1v) is 7.72. The van der Waals surface area contributed by atoms with Gasteiger partial charge in [0.2, 0.25) is 0 Å². The van der Waals surface area contributed by atoms with E-state index in [1.54, 1.807) is 6.07 Å². The van der Waals surface area contributed by atoms with Crippen LogP contribution in [-0.2, 0) is 13.0 Å². The highest BCUT2D eigenvalue weighted by Gasteiger charge is 2.19. The minimum Gasteiger partial charge on any atom is -0.506 e. The number of aryl methyl sites for hydroxylation is 2. The van der Waals surface area contributed by atoms with Crippen molar-refractivity contribution >= 4 is 28.4 Å². The summed E-state index contributed by atoms with van der Waals surface area (Å²) in [6.45, 7) is 2.55. The van der Waals surface area contributed by atoms with Gasteiger partial charge in [-0.2, -0.15) is 0 Å². The lowest BCUT2D eigenvalue weighted by Gasteiger charge is -2.09. The smallest absolute Gasteiger partial charge is 0.251 e. The number of hydrogen-bond donors (Lipinski definition) is 2. The molecular weight excluding hydrogens is 312 g/mol. The Morgan fingerprint density at radius 3 is 2.61 bits per heavy atom. The fraction of sp³-hybridized carbons (Fsp3) is 0.167. The van der Waals surface area contributed by atoms with Crippen molar-refractivity contribution in [1.82, 2.24) is 4.57 Å². The van der Waals surface area contributed by atoms with Gasteiger partial charge in [-0.15, -0.1) is 0 Å². The summed E-state index contributed by atoms with van der Waals surface area (Å²) in [5, 5.41) is 10.7. The number of benzene rings is 2. The molecule has 23 heavy (non-hydrogen) atoms. The zero-order valence-corrected chi connectivity index (χ0v) is 13.5. The summed E-state index contributed by atoms with van der Waals surface area (Å²) in [6.07, 6.45) is 0.822. The lowest BCUT2D eigenvalue weighted by molar-refractivity contribution is 0.100. The van der Waals surface area contributed by atoms with Crippen LogP contribution < -0.4 is 5.73 Å². The Bertz CT molecular complexity index is 885. The molecule has 0 saturated carbocycles. The van der Waals surface area contributed by atoms with Crippen LogP contribution in [0.4, 0.5) is 0 Å². The van der Waals surface area contributed by atoms with Crippen molar-refractivity contribution in [2.45, 2.75) is 19.9 Å². The fourth-order valence-corrected chi connectivity index (χ4v) is 3.13. The number of phenols is 1. The molecule has 3 rings (SSSR count). The number of carbonyl (C=O) groups excluding carboxylic acids is 1. The van der Waals surface area contributed by atoms with E-state index in [1.807, 2.05) is 29.7 Å². The summed E-state index contributed by atoms with van der Waals surface area (Å²) in [5.41, 5.74) is 8.74. The normalized spacial score (nSPS) is 11.0. The highest BCUT2D eigenvalue weighted by molar-refractivity contribution is 6.33. The molecule has 3 N–H and O–H groups in total. The van der Waals surface area contributed by atoms with Gasteiger partial charge >= 0.3 is 0 Å². The van der Waals surface area contributed by atoms with E-state index < -0.39 is 5.91 Å². The van der Waals surface area contributed by atoms with Crippen LogP contribution in [0, 0.1) is 6.92 Å². The van der Waals surface area contributed by atoms with E-state index in [1.165, 1.54) is 11.6 Å². The number of amides is 1. The van der Waals surface area contributed by atoms with E-state index in [4.69, 9.17) is 17.3 Å². The van der Waals surface area contributed by atoms with E-state index in [0.717, 1.165) is 17.6 Å². The Kier molecular flexibility index (Phi) is 4.01. The summed E-state index contributed by atoms with van der Waals surface area (Å²) in [4.78, 5) is 11.8. The van der Waals surface area contributed by atoms with Crippen LogP contribution in [-0.4, -0.2) is 15.6 Å². The van der Waals surface area contributed by atoms with Gasteiger partial charge in [0.1, 0.15) is 5.75 Å². The Balaban J connectivity index is 2.10. The zero-order valence-electron chi connectivity index (χ0n) is 12.7. The third kappa shape index (κ3) is 2.78. The molecule has 0 aliphatic heterocycles. The lowest BCUT2D eigenvalue weighted by atomic mass is 10.1. The number of rotatable bonds is 4. The zero-order chi connectivity index (χ0) is 16.6. The van der Waals surface area contributed by atoms with Crippen molar-refractivity contribution < 1.29 is 9.90 Å². The minimum absolute atomic E-state index is 0.0538. The predicted molar refractivity (Wildman–Crippen MR) is 92.0 cm³/mol. The van der Waals surface area contributed by atoms with E-state index in [-0.39, 0.29) is 10.8 Å². The lowest BCUT2D eigenvalue weighted by Crippen LogP contribution is -2.13. The van der Waals surface area contributed by atoms with Crippen LogP contribution >= 0.6 is 11.6 Å². The number of nitrogens with zero attached hydrogens (tertiary/aromatic N) is 1. The van der Waals surface area contributed by atoms with Gasteiger partial charge in [0.05, 0.1) is 16.1 Å². The maximum atomic E-state index is 11.8. The molecule has 0 aliphatic rings. The van der Waals surface area contributed by atoms with Gasteiger partial charge < -0.3 is 15.4 Å². The number of halogens is 1. The molecule has 0 spiro atoms. The highest BCUT2D eigenvalue weighted by atomic mass is 35.5. The molecule has 118 valence electrons. The first-order valence-electron chi connectivity index (χ1n) is 7.34. The minimum atomic E-state index is -0.507. The molecule has 5 heteroatoms. The van der Waals surface area contributed by atoms with Gasteiger partial charge in [-0.25, -0.2) is 0 Å². The molecule has 0 aliphatic carbocycles. The van der Waals surface area contributed by atoms with Gasteiger partial charge in [0.25, 0.3) is 5.91 Å². The molecule has 1 heterocycles. The number of carbonyl (C=O) groups is 1. The van der Waals surface area contributed by atoms with Crippen molar-refractivity contribution in [1.29, 1.82) is 0 Å². The second-order valence-electron chi connectivity index (χ2n) is 5.53. The third-order valence-electron chi connectivity index (χ3n) is 4.11. The highest BCUT2D eigenvalue weighted by Crippen LogP contribution is 2.34. The molecule has 1 aromatic heterocycles. The topological polar surface area (TPSA) is 68.2 Å². The van der Waals surface area contributed by atoms with Crippen LogP contribution in [0.2, 0.25) is 5.02 Å². The molecule has 2 aromatic carbocycles. The number of nitrogens with two attached hydrogens (primary N) is 1. The molecule has 0 fully saturated rings. The molecule has 1 amide bonds. The van der Waals surface area contributed by atoms with Crippen LogP contribution in [0.15, 0.2) is 42.5 Å². The van der Waals surface area contributed by atoms with Gasteiger partial charge in [-0.3, -0.25) is 4.79 Å². The van der Waals surface area contributed by atoms with Crippen molar-refractivity contribution in [3.05, 3.63) is 64.3 Å². The molecule has 4 nitrogen and oxygen atoms in total. The van der Waals surface area contributed by atoms with Crippen LogP contribution in [0.5, 0.6) is 5.75 Å². The van der Waals surface area contributed by atoms with Gasteiger partial charge in [-0.1, -0.05) is 41.9 Å². The second kappa shape index (κ2) is 5.97. The maximum absolute atomic E-state index is 11.8. The number of phenolic OH excluding ortho intramolecular Hbond substituents is 1. The van der Waals surface area contributed by atoms with Crippen LogP contribution in [0.3, 0.4) is 0 Å². The molecule has 0 unspecified atom stereocenters. The Labute approximate surface area is 139 Å². The molecule has 0 atom stereocenters. The van der Waals surface area contributed by atoms with Crippen molar-refractivity contribution in [3.8, 4) is 5.75 Å². The average Bonchev–Trinajstić information content (AvgIpc) is 2.78. The monoisotopic (exact) mass is 328 g/mol. The molecule has 0 bridgehead atoms.